The van der Waals surface area contributed by atoms with Gasteiger partial charge in [0.15, 0.2) is 5.79 Å². The molecule has 0 aromatic carbocycles. The molecule has 0 unspecified atom stereocenters. The molecule has 0 aromatic heterocycles. The minimum Gasteiger partial charge on any atom is -0.348 e. The Morgan fingerprint density at radius 2 is 2.07 bits per heavy atom. The smallest absolute Gasteiger partial charge is 0.165 e. The lowest BCUT2D eigenvalue weighted by Crippen LogP contribution is -2.36. The summed E-state index contributed by atoms with van der Waals surface area (Å²) in [6.45, 7) is 4.76. The van der Waals surface area contributed by atoms with Gasteiger partial charge in [-0.25, -0.2) is 0 Å². The van der Waals surface area contributed by atoms with Gasteiger partial charge in [0.2, 0.25) is 0 Å². The van der Waals surface area contributed by atoms with Crippen molar-refractivity contribution < 1.29 is 9.47 Å². The highest BCUT2D eigenvalue weighted by molar-refractivity contribution is 4.76. The van der Waals surface area contributed by atoms with Gasteiger partial charge in [-0.2, -0.15) is 0 Å². The molecular formula is C11H21NO2. The molecule has 0 aromatic rings. The molecule has 3 nitrogen and oxygen atoms in total. The van der Waals surface area contributed by atoms with Crippen LogP contribution in [0.25, 0.3) is 0 Å². The van der Waals surface area contributed by atoms with E-state index in [1.54, 1.807) is 0 Å². The number of piperidine rings is 1. The van der Waals surface area contributed by atoms with Crippen molar-refractivity contribution in [2.75, 3.05) is 19.8 Å². The monoisotopic (exact) mass is 199 g/mol. The Hall–Kier alpha value is -0.120. The van der Waals surface area contributed by atoms with Gasteiger partial charge in [0.25, 0.3) is 0 Å². The molecule has 0 radical (unpaired) electrons. The van der Waals surface area contributed by atoms with E-state index in [0.717, 1.165) is 19.6 Å². The lowest BCUT2D eigenvalue weighted by molar-refractivity contribution is -0.148. The molecule has 0 bridgehead atoms. The van der Waals surface area contributed by atoms with E-state index in [4.69, 9.17) is 9.47 Å². The van der Waals surface area contributed by atoms with Crippen LogP contribution in [0.2, 0.25) is 0 Å². The second kappa shape index (κ2) is 4.60. The van der Waals surface area contributed by atoms with E-state index < -0.39 is 0 Å². The van der Waals surface area contributed by atoms with E-state index in [9.17, 15) is 0 Å². The Morgan fingerprint density at radius 3 is 2.71 bits per heavy atom. The van der Waals surface area contributed by atoms with Crippen LogP contribution in [0.1, 0.15) is 39.0 Å². The largest absolute Gasteiger partial charge is 0.348 e. The van der Waals surface area contributed by atoms with Crippen LogP contribution in [0.15, 0.2) is 0 Å². The van der Waals surface area contributed by atoms with Crippen LogP contribution >= 0.6 is 0 Å². The van der Waals surface area contributed by atoms with Crippen LogP contribution in [-0.2, 0) is 9.47 Å². The first-order valence-corrected chi connectivity index (χ1v) is 5.80. The Morgan fingerprint density at radius 1 is 1.29 bits per heavy atom. The summed E-state index contributed by atoms with van der Waals surface area (Å²) in [5.41, 5.74) is 0. The normalized spacial score (nSPS) is 31.9. The van der Waals surface area contributed by atoms with Crippen LogP contribution < -0.4 is 5.32 Å². The van der Waals surface area contributed by atoms with E-state index >= 15 is 0 Å². The zero-order chi connectivity index (χ0) is 9.86. The van der Waals surface area contributed by atoms with Crippen molar-refractivity contribution in [2.24, 2.45) is 0 Å². The van der Waals surface area contributed by atoms with Gasteiger partial charge in [-0.05, 0) is 32.7 Å². The fourth-order valence-electron chi connectivity index (χ4n) is 2.31. The predicted octanol–water partition coefficient (Wildman–Crippen LogP) is 1.67. The number of hydrogen-bond acceptors (Lipinski definition) is 3. The average Bonchev–Trinajstić information content (AvgIpc) is 2.65. The molecule has 2 rings (SSSR count). The highest BCUT2D eigenvalue weighted by Crippen LogP contribution is 2.26. The molecule has 1 atom stereocenters. The first kappa shape index (κ1) is 10.4. The third kappa shape index (κ3) is 2.69. The predicted molar refractivity (Wildman–Crippen MR) is 55.2 cm³/mol. The summed E-state index contributed by atoms with van der Waals surface area (Å²) in [7, 11) is 0. The maximum Gasteiger partial charge on any atom is 0.165 e. The van der Waals surface area contributed by atoms with Crippen molar-refractivity contribution in [3.8, 4) is 0 Å². The zero-order valence-corrected chi connectivity index (χ0v) is 9.05. The molecule has 2 heterocycles. The maximum atomic E-state index is 5.58. The van der Waals surface area contributed by atoms with E-state index in [1.165, 1.54) is 32.2 Å². The molecule has 82 valence electrons. The van der Waals surface area contributed by atoms with Crippen LogP contribution in [0.4, 0.5) is 0 Å². The van der Waals surface area contributed by atoms with Gasteiger partial charge in [0, 0.05) is 12.5 Å². The summed E-state index contributed by atoms with van der Waals surface area (Å²) in [5.74, 6) is -0.293. The van der Waals surface area contributed by atoms with Crippen molar-refractivity contribution in [1.29, 1.82) is 0 Å². The minimum absolute atomic E-state index is 0.293. The van der Waals surface area contributed by atoms with Gasteiger partial charge in [0.05, 0.1) is 13.2 Å². The van der Waals surface area contributed by atoms with Crippen molar-refractivity contribution in [2.45, 2.75) is 50.9 Å². The molecule has 2 fully saturated rings. The lowest BCUT2D eigenvalue weighted by Gasteiger charge is -2.28. The molecule has 0 amide bonds. The minimum atomic E-state index is -0.293. The fraction of sp³-hybridized carbons (Fsp3) is 1.00. The van der Waals surface area contributed by atoms with Crippen molar-refractivity contribution in [1.82, 2.24) is 5.32 Å². The van der Waals surface area contributed by atoms with E-state index in [2.05, 4.69) is 12.2 Å². The van der Waals surface area contributed by atoms with Crippen molar-refractivity contribution in [3.05, 3.63) is 0 Å². The molecule has 14 heavy (non-hydrogen) atoms. The van der Waals surface area contributed by atoms with Gasteiger partial charge in [0.1, 0.15) is 0 Å². The SMILES string of the molecule is CC1(CC[C@H]2CCCCN2)OCCO1. The topological polar surface area (TPSA) is 30.5 Å². The molecule has 2 aliphatic heterocycles. The van der Waals surface area contributed by atoms with Gasteiger partial charge in [-0.1, -0.05) is 6.42 Å². The number of rotatable bonds is 3. The van der Waals surface area contributed by atoms with Crippen LogP contribution in [-0.4, -0.2) is 31.6 Å². The Bertz CT molecular complexity index is 172. The van der Waals surface area contributed by atoms with Gasteiger partial charge < -0.3 is 14.8 Å². The molecule has 0 aliphatic carbocycles. The quantitative estimate of drug-likeness (QED) is 0.750. The van der Waals surface area contributed by atoms with Gasteiger partial charge >= 0.3 is 0 Å². The summed E-state index contributed by atoms with van der Waals surface area (Å²) in [5, 5.41) is 3.55. The van der Waals surface area contributed by atoms with Gasteiger partial charge in [-0.15, -0.1) is 0 Å². The van der Waals surface area contributed by atoms with E-state index in [1.807, 2.05) is 0 Å². The molecule has 1 N–H and O–H groups in total. The first-order chi connectivity index (χ1) is 6.79. The number of nitrogens with one attached hydrogen (secondary N) is 1. The lowest BCUT2D eigenvalue weighted by atomic mass is 9.98. The summed E-state index contributed by atoms with van der Waals surface area (Å²) in [4.78, 5) is 0. The van der Waals surface area contributed by atoms with Crippen LogP contribution in [0.3, 0.4) is 0 Å². The summed E-state index contributed by atoms with van der Waals surface area (Å²) in [6, 6.07) is 0.688. The highest BCUT2D eigenvalue weighted by atomic mass is 16.7. The van der Waals surface area contributed by atoms with Crippen LogP contribution in [0.5, 0.6) is 0 Å². The summed E-state index contributed by atoms with van der Waals surface area (Å²) < 4.78 is 11.2. The summed E-state index contributed by atoms with van der Waals surface area (Å²) in [6.07, 6.45) is 6.22. The van der Waals surface area contributed by atoms with Gasteiger partial charge in [-0.3, -0.25) is 0 Å². The zero-order valence-electron chi connectivity index (χ0n) is 9.05. The Kier molecular flexibility index (Phi) is 3.42. The standard InChI is InChI=1S/C11H21NO2/c1-11(13-8-9-14-11)6-5-10-4-2-3-7-12-10/h10,12H,2-9H2,1H3/t10-/m1/s1. The summed E-state index contributed by atoms with van der Waals surface area (Å²) >= 11 is 0. The third-order valence-corrected chi connectivity index (χ3v) is 3.26. The second-order valence-corrected chi connectivity index (χ2v) is 4.52. The Balaban J connectivity index is 1.70. The van der Waals surface area contributed by atoms with Crippen LogP contribution in [0, 0.1) is 0 Å². The molecule has 2 saturated heterocycles. The Labute approximate surface area is 86.2 Å². The molecule has 0 spiro atoms. The number of hydrogen-bond donors (Lipinski definition) is 1. The number of ether oxygens (including phenoxy) is 2. The molecule has 3 heteroatoms. The fourth-order valence-corrected chi connectivity index (χ4v) is 2.31. The van der Waals surface area contributed by atoms with Crippen molar-refractivity contribution in [3.63, 3.8) is 0 Å². The highest BCUT2D eigenvalue weighted by Gasteiger charge is 2.31. The molecule has 0 saturated carbocycles. The maximum absolute atomic E-state index is 5.58. The average molecular weight is 199 g/mol. The van der Waals surface area contributed by atoms with Crippen molar-refractivity contribution >= 4 is 0 Å². The molecule has 2 aliphatic rings. The first-order valence-electron chi connectivity index (χ1n) is 5.80. The van der Waals surface area contributed by atoms with E-state index in [-0.39, 0.29) is 5.79 Å². The third-order valence-electron chi connectivity index (χ3n) is 3.26. The van der Waals surface area contributed by atoms with E-state index in [0.29, 0.717) is 6.04 Å². The molecular weight excluding hydrogens is 178 g/mol. The second-order valence-electron chi connectivity index (χ2n) is 4.52.